The van der Waals surface area contributed by atoms with Gasteiger partial charge in [-0.15, -0.1) is 0 Å². The molecule has 0 amide bonds. The Balaban J connectivity index is 1.20. The molecular formula is C42H26N4Se. The Morgan fingerprint density at radius 3 is 1.85 bits per heavy atom. The molecule has 9 rings (SSSR count). The van der Waals surface area contributed by atoms with Crippen molar-refractivity contribution in [1.82, 2.24) is 19.9 Å². The quantitative estimate of drug-likeness (QED) is 0.172. The van der Waals surface area contributed by atoms with Crippen LogP contribution in [0.5, 0.6) is 0 Å². The first-order valence-electron chi connectivity index (χ1n) is 15.6. The van der Waals surface area contributed by atoms with Crippen molar-refractivity contribution < 1.29 is 0 Å². The van der Waals surface area contributed by atoms with Crippen LogP contribution in [0.2, 0.25) is 0 Å². The van der Waals surface area contributed by atoms with Crippen molar-refractivity contribution in [3.63, 3.8) is 0 Å². The van der Waals surface area contributed by atoms with E-state index in [2.05, 4.69) is 121 Å². The van der Waals surface area contributed by atoms with Gasteiger partial charge in [0.05, 0.1) is 0 Å². The number of hydrogen-bond acceptors (Lipinski definition) is 4. The van der Waals surface area contributed by atoms with E-state index in [1.165, 1.54) is 20.6 Å². The van der Waals surface area contributed by atoms with Gasteiger partial charge in [-0.25, -0.2) is 0 Å². The fourth-order valence-electron chi connectivity index (χ4n) is 6.20. The van der Waals surface area contributed by atoms with Crippen molar-refractivity contribution >= 4 is 45.8 Å². The summed E-state index contributed by atoms with van der Waals surface area (Å²) in [5.74, 6) is 1.94. The Morgan fingerprint density at radius 2 is 1.02 bits per heavy atom. The second-order valence-corrected chi connectivity index (χ2v) is 13.7. The second-order valence-electron chi connectivity index (χ2n) is 11.5. The van der Waals surface area contributed by atoms with E-state index in [4.69, 9.17) is 19.9 Å². The fraction of sp³-hybridized carbons (Fsp3) is 0. The smallest absolute Gasteiger partial charge is 0.0544 e. The fourth-order valence-corrected chi connectivity index (χ4v) is 8.25. The molecule has 4 nitrogen and oxygen atoms in total. The second kappa shape index (κ2) is 11.6. The third-order valence-electron chi connectivity index (χ3n) is 8.55. The van der Waals surface area contributed by atoms with Crippen LogP contribution >= 0.6 is 0 Å². The molecule has 0 N–H and O–H groups in total. The van der Waals surface area contributed by atoms with Crippen LogP contribution in [0.15, 0.2) is 158 Å². The minimum absolute atomic E-state index is 0.118. The summed E-state index contributed by atoms with van der Waals surface area (Å²) in [4.78, 5) is 20.4. The van der Waals surface area contributed by atoms with Gasteiger partial charge in [0.1, 0.15) is 0 Å². The van der Waals surface area contributed by atoms with Crippen molar-refractivity contribution in [2.24, 2.45) is 0 Å². The summed E-state index contributed by atoms with van der Waals surface area (Å²) in [5.41, 5.74) is 7.38. The van der Waals surface area contributed by atoms with Gasteiger partial charge in [-0.05, 0) is 0 Å². The molecule has 7 aromatic carbocycles. The topological polar surface area (TPSA) is 51.6 Å². The van der Waals surface area contributed by atoms with Crippen LogP contribution in [0.25, 0.3) is 86.7 Å². The van der Waals surface area contributed by atoms with Gasteiger partial charge in [0, 0.05) is 0 Å². The molecule has 0 aliphatic heterocycles. The van der Waals surface area contributed by atoms with Gasteiger partial charge in [-0.1, -0.05) is 30.3 Å². The third-order valence-corrected chi connectivity index (χ3v) is 10.8. The zero-order valence-electron chi connectivity index (χ0n) is 25.2. The number of benzene rings is 7. The summed E-state index contributed by atoms with van der Waals surface area (Å²) >= 11 is 0.118. The number of rotatable bonds is 5. The largest absolute Gasteiger partial charge is 0.0617 e. The molecule has 0 fully saturated rings. The Labute approximate surface area is 277 Å². The monoisotopic (exact) mass is 666 g/mol. The van der Waals surface area contributed by atoms with E-state index in [9.17, 15) is 0 Å². The maximum Gasteiger partial charge on any atom is -0.0544 e. The molecule has 0 saturated carbocycles. The minimum Gasteiger partial charge on any atom is -0.0617 e. The van der Waals surface area contributed by atoms with E-state index in [0.29, 0.717) is 17.5 Å². The van der Waals surface area contributed by atoms with Gasteiger partial charge < -0.3 is 0 Å². The Bertz CT molecular complexity index is 2580. The number of nitrogens with zero attached hydrogens (tertiary/aromatic N) is 4. The van der Waals surface area contributed by atoms with Crippen molar-refractivity contribution in [2.45, 2.75) is 0 Å². The van der Waals surface area contributed by atoms with Gasteiger partial charge >= 0.3 is 249 Å². The first-order valence-corrected chi connectivity index (χ1v) is 17.3. The molecule has 0 saturated heterocycles. The summed E-state index contributed by atoms with van der Waals surface area (Å²) in [5, 5.41) is 4.68. The number of aromatic nitrogens is 4. The summed E-state index contributed by atoms with van der Waals surface area (Å²) < 4.78 is 2.45. The van der Waals surface area contributed by atoms with Crippen LogP contribution in [0, 0.1) is 0 Å². The van der Waals surface area contributed by atoms with Crippen LogP contribution < -0.4 is 0 Å². The average Bonchev–Trinajstić information content (AvgIpc) is 3.60. The predicted molar refractivity (Wildman–Crippen MR) is 194 cm³/mol. The van der Waals surface area contributed by atoms with Crippen LogP contribution in [0.3, 0.4) is 0 Å². The van der Waals surface area contributed by atoms with Crippen molar-refractivity contribution in [3.8, 4) is 55.4 Å². The van der Waals surface area contributed by atoms with Crippen molar-refractivity contribution in [3.05, 3.63) is 158 Å². The maximum absolute atomic E-state index is 5.25. The van der Waals surface area contributed by atoms with E-state index in [1.807, 2.05) is 36.4 Å². The molecule has 0 aliphatic carbocycles. The van der Waals surface area contributed by atoms with E-state index in [0.717, 1.165) is 48.7 Å². The van der Waals surface area contributed by atoms with E-state index in [-0.39, 0.29) is 14.5 Å². The summed E-state index contributed by atoms with van der Waals surface area (Å²) in [6.07, 6.45) is 0. The Kier molecular flexibility index (Phi) is 6.78. The molecule has 2 aromatic heterocycles. The van der Waals surface area contributed by atoms with Gasteiger partial charge in [0.2, 0.25) is 0 Å². The van der Waals surface area contributed by atoms with Crippen LogP contribution in [0.1, 0.15) is 0 Å². The summed E-state index contributed by atoms with van der Waals surface area (Å²) in [7, 11) is 0. The first-order chi connectivity index (χ1) is 23.3. The summed E-state index contributed by atoms with van der Waals surface area (Å²) in [6.45, 7) is 0. The molecule has 9 aromatic rings. The van der Waals surface area contributed by atoms with Gasteiger partial charge in [-0.3, -0.25) is 0 Å². The standard InChI is InChI=1S/C42H26N4Se/c1-3-11-27(12-4-1)31-17-9-18-32(25-31)40-44-39(29-14-5-2-6-15-29)45-41(46-40)36-20-10-19-35-34(36)23-24-37-38(35)43-42(47-37)33-22-21-28-13-7-8-16-30(28)26-33/h1-26H. The van der Waals surface area contributed by atoms with Crippen LogP contribution in [-0.4, -0.2) is 34.4 Å². The molecule has 0 aliphatic rings. The first kappa shape index (κ1) is 27.6. The molecule has 47 heavy (non-hydrogen) atoms. The Hall–Kier alpha value is -5.74. The molecule has 2 heterocycles. The molecular weight excluding hydrogens is 639 g/mol. The Morgan fingerprint density at radius 1 is 0.362 bits per heavy atom. The molecule has 0 bridgehead atoms. The van der Waals surface area contributed by atoms with Crippen LogP contribution in [-0.2, 0) is 0 Å². The normalized spacial score (nSPS) is 11.4. The van der Waals surface area contributed by atoms with Crippen molar-refractivity contribution in [1.29, 1.82) is 0 Å². The third kappa shape index (κ3) is 5.12. The average molecular weight is 666 g/mol. The van der Waals surface area contributed by atoms with Gasteiger partial charge in [0.15, 0.2) is 0 Å². The molecule has 0 spiro atoms. The molecule has 5 heteroatoms. The maximum atomic E-state index is 5.25. The van der Waals surface area contributed by atoms with E-state index in [1.54, 1.807) is 0 Å². The minimum atomic E-state index is 0.118. The van der Waals surface area contributed by atoms with Gasteiger partial charge in [-0.2, -0.15) is 0 Å². The van der Waals surface area contributed by atoms with Crippen molar-refractivity contribution in [2.75, 3.05) is 0 Å². The molecule has 0 unspecified atom stereocenters. The van der Waals surface area contributed by atoms with E-state index >= 15 is 0 Å². The number of fused-ring (bicyclic) bond motifs is 4. The molecule has 220 valence electrons. The summed E-state index contributed by atoms with van der Waals surface area (Å²) in [6, 6.07) is 54.9. The molecule has 0 atom stereocenters. The zero-order valence-corrected chi connectivity index (χ0v) is 26.9. The predicted octanol–water partition coefficient (Wildman–Crippen LogP) is 10.1. The van der Waals surface area contributed by atoms with Gasteiger partial charge in [0.25, 0.3) is 0 Å². The van der Waals surface area contributed by atoms with E-state index < -0.39 is 0 Å². The SMILES string of the molecule is c1ccc(-c2cccc(-c3nc(-c4ccccc4)nc(-c4cccc5c4ccc4[se]c(-c6ccc7ccccc7c6)nc45)n3)c2)cc1. The number of hydrogen-bond donors (Lipinski definition) is 0. The zero-order chi connectivity index (χ0) is 31.2. The van der Waals surface area contributed by atoms with Crippen LogP contribution in [0.4, 0.5) is 0 Å². The molecule has 0 radical (unpaired) electrons.